The van der Waals surface area contributed by atoms with Crippen LogP contribution in [0.25, 0.3) is 99.2 Å². The highest BCUT2D eigenvalue weighted by molar-refractivity contribution is 9.10. The number of hydrogen-bond donors (Lipinski definition) is 1. The first-order valence-electron chi connectivity index (χ1n) is 23.3. The summed E-state index contributed by atoms with van der Waals surface area (Å²) in [6.45, 7) is 4.16. The van der Waals surface area contributed by atoms with Crippen LogP contribution in [0.1, 0.15) is 11.1 Å². The normalized spacial score (nSPS) is 11.4. The van der Waals surface area contributed by atoms with Gasteiger partial charge in [-0.3, -0.25) is 18.8 Å². The molecule has 8 nitrogen and oxygen atoms in total. The van der Waals surface area contributed by atoms with Crippen LogP contribution in [0, 0.1) is 13.8 Å². The Kier molecular flexibility index (Phi) is 11.1. The Morgan fingerprint density at radius 3 is 1.46 bits per heavy atom. The van der Waals surface area contributed by atoms with Crippen molar-refractivity contribution in [1.82, 2.24) is 28.7 Å². The van der Waals surface area contributed by atoms with E-state index in [9.17, 15) is 5.11 Å². The quantitative estimate of drug-likeness (QED) is 0.177. The minimum absolute atomic E-state index is 0.261. The second-order valence-electron chi connectivity index (χ2n) is 17.6. The number of imidazole rings is 2. The molecule has 14 rings (SSSR count). The molecule has 14 aromatic rings. The summed E-state index contributed by atoms with van der Waals surface area (Å²) < 4.78 is 11.9. The van der Waals surface area contributed by atoms with Crippen molar-refractivity contribution in [3.8, 4) is 39.8 Å². The number of fused-ring (bicyclic) bond motifs is 16. The number of ether oxygens (including phenoxy) is 1. The summed E-state index contributed by atoms with van der Waals surface area (Å²) in [7, 11) is 0. The molecule has 0 bridgehead atoms. The van der Waals surface area contributed by atoms with E-state index < -0.39 is 0 Å². The molecule has 1 N–H and O–H groups in total. The molecular weight excluding hydrogens is 941 g/mol. The number of halogens is 1. The number of aryl methyl sites for hydroxylation is 2. The molecule has 0 radical (unpaired) electrons. The van der Waals surface area contributed by atoms with Gasteiger partial charge in [0.1, 0.15) is 28.5 Å². The van der Waals surface area contributed by atoms with Crippen molar-refractivity contribution < 1.29 is 9.84 Å². The number of aromatic hydroxyl groups is 1. The van der Waals surface area contributed by atoms with Gasteiger partial charge in [0.15, 0.2) is 0 Å². The van der Waals surface area contributed by atoms with Crippen LogP contribution in [0.2, 0.25) is 0 Å². The zero-order chi connectivity index (χ0) is 48.0. The summed E-state index contributed by atoms with van der Waals surface area (Å²) in [5, 5.41) is 16.6. The number of pyridine rings is 4. The lowest BCUT2D eigenvalue weighted by Gasteiger charge is -2.12. The largest absolute Gasteiger partial charge is 0.508 e. The van der Waals surface area contributed by atoms with Crippen LogP contribution in [0.15, 0.2) is 223 Å². The fraction of sp³-hybridized carbons (Fsp3) is 0.0323. The molecule has 0 amide bonds. The van der Waals surface area contributed by atoms with Crippen molar-refractivity contribution in [2.24, 2.45) is 0 Å². The lowest BCUT2D eigenvalue weighted by molar-refractivity contribution is 0.476. The van der Waals surface area contributed by atoms with Crippen molar-refractivity contribution in [3.05, 3.63) is 234 Å². The molecule has 0 aliphatic rings. The highest BCUT2D eigenvalue weighted by Gasteiger charge is 2.16. The zero-order valence-electron chi connectivity index (χ0n) is 38.7. The van der Waals surface area contributed by atoms with Gasteiger partial charge >= 0.3 is 0 Å². The SMILES string of the molecule is Cc1cc(Br)cc(-c2ccccn2)c1.Cc1cc(Oc2ccc3c4ccccc4n4c5ccccc5nc4c3c2)cc(-c2ccccn2)c1.Oc1ccc2c3ccccc3n3c4ccccc4nc3c2c1. The maximum absolute atomic E-state index is 9.90. The van der Waals surface area contributed by atoms with E-state index in [0.29, 0.717) is 0 Å². The van der Waals surface area contributed by atoms with Gasteiger partial charge in [0.25, 0.3) is 0 Å². The van der Waals surface area contributed by atoms with Crippen LogP contribution >= 0.6 is 15.9 Å². The third kappa shape index (κ3) is 8.22. The lowest BCUT2D eigenvalue weighted by atomic mass is 10.1. The van der Waals surface area contributed by atoms with E-state index in [0.717, 1.165) is 115 Å². The molecule has 6 heterocycles. The number of benzene rings is 8. The fourth-order valence-corrected chi connectivity index (χ4v) is 10.3. The van der Waals surface area contributed by atoms with E-state index in [4.69, 9.17) is 14.7 Å². The number of rotatable bonds is 4. The zero-order valence-corrected chi connectivity index (χ0v) is 40.3. The van der Waals surface area contributed by atoms with Gasteiger partial charge in [-0.05, 0) is 169 Å². The Bertz CT molecular complexity index is 4300. The molecule has 0 saturated carbocycles. The lowest BCUT2D eigenvalue weighted by Crippen LogP contribution is -1.93. The molecule has 9 heteroatoms. The summed E-state index contributed by atoms with van der Waals surface area (Å²) in [6, 6.07) is 69.4. The third-order valence-corrected chi connectivity index (χ3v) is 13.2. The molecule has 0 saturated heterocycles. The van der Waals surface area contributed by atoms with Crippen molar-refractivity contribution in [3.63, 3.8) is 0 Å². The van der Waals surface area contributed by atoms with E-state index in [-0.39, 0.29) is 5.75 Å². The molecule has 340 valence electrons. The summed E-state index contributed by atoms with van der Waals surface area (Å²) >= 11 is 3.48. The molecule has 0 aliphatic carbocycles. The molecule has 6 aromatic heterocycles. The van der Waals surface area contributed by atoms with Gasteiger partial charge in [-0.25, -0.2) is 9.97 Å². The predicted octanol–water partition coefficient (Wildman–Crippen LogP) is 16.3. The van der Waals surface area contributed by atoms with Crippen LogP contribution in [0.4, 0.5) is 0 Å². The number of phenols is 1. The molecule has 0 unspecified atom stereocenters. The molecular formula is C62H43BrN6O2. The molecule has 0 fully saturated rings. The fourth-order valence-electron chi connectivity index (χ4n) is 9.69. The van der Waals surface area contributed by atoms with Gasteiger partial charge in [0, 0.05) is 49.5 Å². The van der Waals surface area contributed by atoms with Crippen molar-refractivity contribution in [1.29, 1.82) is 0 Å². The Hall–Kier alpha value is -8.92. The molecule has 0 atom stereocenters. The van der Waals surface area contributed by atoms with Crippen molar-refractivity contribution in [2.45, 2.75) is 13.8 Å². The average Bonchev–Trinajstić information content (AvgIpc) is 4.00. The van der Waals surface area contributed by atoms with Crippen molar-refractivity contribution in [2.75, 3.05) is 0 Å². The number of phenolic OH excluding ortho intramolecular Hbond substituents is 1. The molecule has 71 heavy (non-hydrogen) atoms. The van der Waals surface area contributed by atoms with E-state index in [2.05, 4.69) is 152 Å². The van der Waals surface area contributed by atoms with Crippen LogP contribution < -0.4 is 4.74 Å². The minimum Gasteiger partial charge on any atom is -0.508 e. The Labute approximate surface area is 416 Å². The summed E-state index contributed by atoms with van der Waals surface area (Å²) in [5.74, 6) is 1.83. The van der Waals surface area contributed by atoms with E-state index in [1.165, 1.54) is 10.9 Å². The monoisotopic (exact) mass is 982 g/mol. The summed E-state index contributed by atoms with van der Waals surface area (Å²) in [5.41, 5.74) is 14.7. The molecule has 0 spiro atoms. The van der Waals surface area contributed by atoms with E-state index in [1.54, 1.807) is 12.1 Å². The van der Waals surface area contributed by atoms with Crippen LogP contribution in [-0.2, 0) is 0 Å². The van der Waals surface area contributed by atoms with Gasteiger partial charge in [-0.1, -0.05) is 88.7 Å². The molecule has 8 aromatic carbocycles. The van der Waals surface area contributed by atoms with E-state index in [1.807, 2.05) is 103 Å². The Balaban J connectivity index is 0.000000122. The summed E-state index contributed by atoms with van der Waals surface area (Å²) in [4.78, 5) is 18.6. The number of nitrogens with zero attached hydrogens (tertiary/aromatic N) is 6. The Morgan fingerprint density at radius 2 is 0.901 bits per heavy atom. The van der Waals surface area contributed by atoms with Gasteiger partial charge in [0.05, 0.1) is 44.5 Å². The Morgan fingerprint density at radius 1 is 0.408 bits per heavy atom. The number of aromatic nitrogens is 6. The van der Waals surface area contributed by atoms with Crippen LogP contribution in [-0.4, -0.2) is 33.8 Å². The summed E-state index contributed by atoms with van der Waals surface area (Å²) in [6.07, 6.45) is 3.62. The van der Waals surface area contributed by atoms with Gasteiger partial charge < -0.3 is 9.84 Å². The van der Waals surface area contributed by atoms with Gasteiger partial charge in [-0.15, -0.1) is 0 Å². The number of para-hydroxylation sites is 6. The smallest absolute Gasteiger partial charge is 0.146 e. The minimum atomic E-state index is 0.261. The second-order valence-corrected chi connectivity index (χ2v) is 18.5. The van der Waals surface area contributed by atoms with Gasteiger partial charge in [-0.2, -0.15) is 0 Å². The van der Waals surface area contributed by atoms with Crippen LogP contribution in [0.3, 0.4) is 0 Å². The maximum Gasteiger partial charge on any atom is 0.146 e. The second kappa shape index (κ2) is 18.2. The van der Waals surface area contributed by atoms with E-state index >= 15 is 0 Å². The molecule has 0 aliphatic heterocycles. The first-order chi connectivity index (χ1) is 34.8. The van der Waals surface area contributed by atoms with Crippen molar-refractivity contribution >= 4 is 92.6 Å². The first kappa shape index (κ1) is 43.4. The highest BCUT2D eigenvalue weighted by Crippen LogP contribution is 2.37. The standard InChI is InChI=1S/C31H21N3O.C19H12N2O.C12H10BrN/c1-20-16-21(27-9-6-7-15-32-27)18-23(17-20)35-22-13-14-24-25-8-2-4-11-29(25)34-30-12-5-3-10-28(30)33-31(34)26(24)19-22;22-12-9-10-13-14-5-1-3-7-17(14)21-18-8-4-2-6-16(18)20-19(21)15(13)11-12;1-9-6-10(8-11(13)7-9)12-4-2-3-5-14-12/h2-19H,1H3;1-11,22H;2-8H,1H3. The average molecular weight is 984 g/mol. The third-order valence-electron chi connectivity index (χ3n) is 12.7. The van der Waals surface area contributed by atoms with Gasteiger partial charge in [0.2, 0.25) is 0 Å². The predicted molar refractivity (Wildman–Crippen MR) is 294 cm³/mol. The topological polar surface area (TPSA) is 89.8 Å². The number of hydrogen-bond acceptors (Lipinski definition) is 6. The first-order valence-corrected chi connectivity index (χ1v) is 24.1. The maximum atomic E-state index is 9.90. The highest BCUT2D eigenvalue weighted by atomic mass is 79.9. The van der Waals surface area contributed by atoms with Crippen LogP contribution in [0.5, 0.6) is 17.2 Å².